The summed E-state index contributed by atoms with van der Waals surface area (Å²) in [5.41, 5.74) is 0. The highest BCUT2D eigenvalue weighted by Gasteiger charge is 2.40. The zero-order valence-electron chi connectivity index (χ0n) is 9.47. The lowest BCUT2D eigenvalue weighted by atomic mass is 10.2. The third-order valence-corrected chi connectivity index (χ3v) is 3.94. The van der Waals surface area contributed by atoms with Crippen molar-refractivity contribution in [2.24, 2.45) is 0 Å². The molecule has 2 saturated heterocycles. The summed E-state index contributed by atoms with van der Waals surface area (Å²) in [5, 5.41) is 2.62. The summed E-state index contributed by atoms with van der Waals surface area (Å²) in [7, 11) is 1.31. The summed E-state index contributed by atoms with van der Waals surface area (Å²) in [5.74, 6) is 0.345. The van der Waals surface area contributed by atoms with Crippen molar-refractivity contribution in [3.05, 3.63) is 0 Å². The number of thioether (sulfide) groups is 1. The van der Waals surface area contributed by atoms with E-state index in [1.807, 2.05) is 0 Å². The lowest BCUT2D eigenvalue weighted by molar-refractivity contribution is -0.151. The van der Waals surface area contributed by atoms with E-state index in [4.69, 9.17) is 0 Å². The van der Waals surface area contributed by atoms with E-state index < -0.39 is 18.1 Å². The van der Waals surface area contributed by atoms with Crippen LogP contribution >= 0.6 is 11.8 Å². The topological polar surface area (TPSA) is 75.7 Å². The Morgan fingerprint density at radius 2 is 2.29 bits per heavy atom. The smallest absolute Gasteiger partial charge is 0.329 e. The molecule has 6 nitrogen and oxygen atoms in total. The van der Waals surface area contributed by atoms with Gasteiger partial charge in [-0.25, -0.2) is 4.79 Å². The summed E-state index contributed by atoms with van der Waals surface area (Å²) in [6, 6.07) is -0.997. The van der Waals surface area contributed by atoms with Crippen molar-refractivity contribution in [3.8, 4) is 0 Å². The van der Waals surface area contributed by atoms with Gasteiger partial charge in [0.25, 0.3) is 0 Å². The van der Waals surface area contributed by atoms with Crippen molar-refractivity contribution < 1.29 is 19.1 Å². The Morgan fingerprint density at radius 1 is 1.53 bits per heavy atom. The van der Waals surface area contributed by atoms with E-state index in [-0.39, 0.29) is 11.8 Å². The first-order valence-corrected chi connectivity index (χ1v) is 6.54. The van der Waals surface area contributed by atoms with Crippen molar-refractivity contribution in [2.45, 2.75) is 24.9 Å². The first kappa shape index (κ1) is 12.2. The van der Waals surface area contributed by atoms with Crippen LogP contribution in [0.15, 0.2) is 0 Å². The Balaban J connectivity index is 2.03. The molecule has 0 aliphatic carbocycles. The minimum Gasteiger partial charge on any atom is -0.467 e. The zero-order valence-corrected chi connectivity index (χ0v) is 10.3. The molecule has 2 rings (SSSR count). The monoisotopic (exact) mass is 258 g/mol. The van der Waals surface area contributed by atoms with Crippen LogP contribution in [0.3, 0.4) is 0 Å². The maximum absolute atomic E-state index is 12.1. The van der Waals surface area contributed by atoms with Gasteiger partial charge >= 0.3 is 5.97 Å². The summed E-state index contributed by atoms with van der Waals surface area (Å²) in [6.45, 7) is 0. The molecule has 17 heavy (non-hydrogen) atoms. The normalized spacial score (nSPS) is 28.1. The van der Waals surface area contributed by atoms with E-state index in [9.17, 15) is 14.4 Å². The molecular weight excluding hydrogens is 244 g/mol. The maximum Gasteiger partial charge on any atom is 0.329 e. The Labute approximate surface area is 103 Å². The van der Waals surface area contributed by atoms with Crippen LogP contribution in [-0.4, -0.2) is 53.5 Å². The van der Waals surface area contributed by atoms with Crippen LogP contribution in [0.25, 0.3) is 0 Å². The van der Waals surface area contributed by atoms with Crippen LogP contribution in [0.5, 0.6) is 0 Å². The molecule has 2 heterocycles. The predicted molar refractivity (Wildman–Crippen MR) is 61.1 cm³/mol. The number of rotatable bonds is 2. The molecule has 0 spiro atoms. The molecule has 1 N–H and O–H groups in total. The minimum atomic E-state index is -0.519. The average molecular weight is 258 g/mol. The molecule has 0 aromatic carbocycles. The molecular formula is C10H14N2O4S. The predicted octanol–water partition coefficient (Wildman–Crippen LogP) is -0.660. The summed E-state index contributed by atoms with van der Waals surface area (Å²) in [6.07, 6.45) is 0.882. The lowest BCUT2D eigenvalue weighted by Crippen LogP contribution is -2.49. The van der Waals surface area contributed by atoms with Gasteiger partial charge in [0.2, 0.25) is 11.8 Å². The van der Waals surface area contributed by atoms with Gasteiger partial charge in [0, 0.05) is 12.2 Å². The van der Waals surface area contributed by atoms with Gasteiger partial charge in [-0.2, -0.15) is 0 Å². The Morgan fingerprint density at radius 3 is 2.88 bits per heavy atom. The maximum atomic E-state index is 12.1. The fourth-order valence-corrected chi connectivity index (χ4v) is 3.14. The zero-order chi connectivity index (χ0) is 12.4. The number of carbonyl (C=O) groups excluding carboxylic acids is 3. The van der Waals surface area contributed by atoms with Crippen LogP contribution in [0, 0.1) is 0 Å². The van der Waals surface area contributed by atoms with Gasteiger partial charge in [0.15, 0.2) is 0 Å². The van der Waals surface area contributed by atoms with E-state index >= 15 is 0 Å². The molecule has 2 aliphatic rings. The van der Waals surface area contributed by atoms with Crippen LogP contribution in [0.4, 0.5) is 0 Å². The number of amides is 2. The number of esters is 1. The quantitative estimate of drug-likeness (QED) is 0.665. The second-order valence-electron chi connectivity index (χ2n) is 4.01. The fraction of sp³-hybridized carbons (Fsp3) is 0.700. The van der Waals surface area contributed by atoms with E-state index in [0.717, 1.165) is 0 Å². The van der Waals surface area contributed by atoms with Gasteiger partial charge in [-0.3, -0.25) is 9.59 Å². The first-order valence-electron chi connectivity index (χ1n) is 5.39. The van der Waals surface area contributed by atoms with Crippen molar-refractivity contribution in [2.75, 3.05) is 18.7 Å². The molecule has 2 fully saturated rings. The highest BCUT2D eigenvalue weighted by molar-refractivity contribution is 7.99. The van der Waals surface area contributed by atoms with Crippen LogP contribution in [0.2, 0.25) is 0 Å². The van der Waals surface area contributed by atoms with Crippen LogP contribution in [0.1, 0.15) is 12.8 Å². The van der Waals surface area contributed by atoms with Crippen LogP contribution in [-0.2, 0) is 19.1 Å². The molecule has 94 valence electrons. The lowest BCUT2D eigenvalue weighted by Gasteiger charge is -2.24. The van der Waals surface area contributed by atoms with Gasteiger partial charge in [-0.15, -0.1) is 11.8 Å². The number of nitrogens with one attached hydrogen (secondary N) is 1. The molecule has 0 bridgehead atoms. The fourth-order valence-electron chi connectivity index (χ4n) is 1.99. The first-order chi connectivity index (χ1) is 8.13. The third-order valence-electron chi connectivity index (χ3n) is 2.93. The average Bonchev–Trinajstić information content (AvgIpc) is 2.95. The van der Waals surface area contributed by atoms with E-state index in [0.29, 0.717) is 24.5 Å². The van der Waals surface area contributed by atoms with Gasteiger partial charge < -0.3 is 15.0 Å². The van der Waals surface area contributed by atoms with Crippen molar-refractivity contribution in [3.63, 3.8) is 0 Å². The minimum absolute atomic E-state index is 0.107. The number of hydrogen-bond donors (Lipinski definition) is 1. The summed E-state index contributed by atoms with van der Waals surface area (Å²) >= 11 is 1.51. The Kier molecular flexibility index (Phi) is 3.56. The van der Waals surface area contributed by atoms with E-state index in [2.05, 4.69) is 10.1 Å². The van der Waals surface area contributed by atoms with Crippen molar-refractivity contribution in [1.82, 2.24) is 10.2 Å². The molecule has 0 radical (unpaired) electrons. The van der Waals surface area contributed by atoms with Crippen molar-refractivity contribution in [1.29, 1.82) is 0 Å². The molecule has 0 saturated carbocycles. The largest absolute Gasteiger partial charge is 0.467 e. The molecule has 2 atom stereocenters. The second-order valence-corrected chi connectivity index (χ2v) is 5.01. The van der Waals surface area contributed by atoms with Gasteiger partial charge in [0.1, 0.15) is 12.1 Å². The SMILES string of the molecule is COC(=O)C1CSCN1C(=O)[C@@H]1CCC(=O)N1. The van der Waals surface area contributed by atoms with Gasteiger partial charge in [0.05, 0.1) is 13.0 Å². The molecule has 2 aliphatic heterocycles. The number of methoxy groups -OCH3 is 1. The molecule has 0 aromatic heterocycles. The molecule has 7 heteroatoms. The summed E-state index contributed by atoms with van der Waals surface area (Å²) in [4.78, 5) is 36.2. The highest BCUT2D eigenvalue weighted by Crippen LogP contribution is 2.24. The highest BCUT2D eigenvalue weighted by atomic mass is 32.2. The number of ether oxygens (including phenoxy) is 1. The number of nitrogens with zero attached hydrogens (tertiary/aromatic N) is 1. The second kappa shape index (κ2) is 4.95. The Hall–Kier alpha value is -1.24. The molecule has 2 amide bonds. The van der Waals surface area contributed by atoms with Gasteiger partial charge in [-0.05, 0) is 6.42 Å². The van der Waals surface area contributed by atoms with Crippen LogP contribution < -0.4 is 5.32 Å². The number of hydrogen-bond acceptors (Lipinski definition) is 5. The number of carbonyl (C=O) groups is 3. The van der Waals surface area contributed by atoms with Crippen molar-refractivity contribution >= 4 is 29.5 Å². The standard InChI is InChI=1S/C10H14N2O4S/c1-16-10(15)7-4-17-5-12(7)9(14)6-2-3-8(13)11-6/h6-7H,2-5H2,1H3,(H,11,13)/t6-,7?/m0/s1. The molecule has 0 aromatic rings. The summed E-state index contributed by atoms with van der Waals surface area (Å²) < 4.78 is 4.66. The van der Waals surface area contributed by atoms with E-state index in [1.54, 1.807) is 0 Å². The van der Waals surface area contributed by atoms with Gasteiger partial charge in [-0.1, -0.05) is 0 Å². The van der Waals surface area contributed by atoms with E-state index in [1.165, 1.54) is 23.8 Å². The Bertz CT molecular complexity index is 360. The third kappa shape index (κ3) is 2.38. The molecule has 1 unspecified atom stereocenters.